The minimum atomic E-state index is 0.582. The number of nitrogen functional groups attached to an aromatic ring is 1. The summed E-state index contributed by atoms with van der Waals surface area (Å²) < 4.78 is 5.36. The third-order valence-electron chi connectivity index (χ3n) is 5.59. The number of methoxy groups -OCH3 is 1. The second-order valence-electron chi connectivity index (χ2n) is 7.56. The van der Waals surface area contributed by atoms with E-state index < -0.39 is 0 Å². The SMILES string of the molecule is COc1cccc(Nc2nc3n[nH]c(N)c3c3c2CN(Cc2ccccc2)CC3)c1. The maximum atomic E-state index is 6.19. The van der Waals surface area contributed by atoms with E-state index in [0.29, 0.717) is 11.5 Å². The van der Waals surface area contributed by atoms with Crippen LogP contribution in [0.3, 0.4) is 0 Å². The summed E-state index contributed by atoms with van der Waals surface area (Å²) in [5.74, 6) is 2.19. The Morgan fingerprint density at radius 1 is 1.13 bits per heavy atom. The number of hydrogen-bond acceptors (Lipinski definition) is 6. The Morgan fingerprint density at radius 3 is 2.83 bits per heavy atom. The van der Waals surface area contributed by atoms with Crippen LogP contribution in [0.25, 0.3) is 11.0 Å². The van der Waals surface area contributed by atoms with Crippen molar-refractivity contribution in [2.75, 3.05) is 24.7 Å². The van der Waals surface area contributed by atoms with Crippen LogP contribution < -0.4 is 15.8 Å². The van der Waals surface area contributed by atoms with Gasteiger partial charge in [-0.25, -0.2) is 4.98 Å². The number of ether oxygens (including phenoxy) is 1. The molecule has 0 saturated heterocycles. The molecule has 4 N–H and O–H groups in total. The lowest BCUT2D eigenvalue weighted by molar-refractivity contribution is 0.246. The predicted octanol–water partition coefficient (Wildman–Crippen LogP) is 3.85. The predicted molar refractivity (Wildman–Crippen MR) is 119 cm³/mol. The average molecular weight is 400 g/mol. The fourth-order valence-corrected chi connectivity index (χ4v) is 4.13. The van der Waals surface area contributed by atoms with Gasteiger partial charge in [-0.15, -0.1) is 0 Å². The van der Waals surface area contributed by atoms with Gasteiger partial charge in [0.2, 0.25) is 0 Å². The lowest BCUT2D eigenvalue weighted by Crippen LogP contribution is -2.31. The Kier molecular flexibility index (Phi) is 4.72. The van der Waals surface area contributed by atoms with Gasteiger partial charge in [-0.3, -0.25) is 10.00 Å². The molecule has 2 aromatic carbocycles. The summed E-state index contributed by atoms with van der Waals surface area (Å²) in [5, 5.41) is 11.6. The van der Waals surface area contributed by atoms with Crippen molar-refractivity contribution >= 4 is 28.4 Å². The summed E-state index contributed by atoms with van der Waals surface area (Å²) >= 11 is 0. The summed E-state index contributed by atoms with van der Waals surface area (Å²) in [6, 6.07) is 18.4. The Morgan fingerprint density at radius 2 is 2.00 bits per heavy atom. The fourth-order valence-electron chi connectivity index (χ4n) is 4.13. The van der Waals surface area contributed by atoms with Gasteiger partial charge in [-0.05, 0) is 29.7 Å². The van der Waals surface area contributed by atoms with E-state index >= 15 is 0 Å². The number of rotatable bonds is 5. The van der Waals surface area contributed by atoms with E-state index in [4.69, 9.17) is 15.5 Å². The molecule has 152 valence electrons. The quantitative estimate of drug-likeness (QED) is 0.471. The van der Waals surface area contributed by atoms with Gasteiger partial charge in [0.15, 0.2) is 5.65 Å². The van der Waals surface area contributed by atoms with Gasteiger partial charge in [0.05, 0.1) is 12.5 Å². The van der Waals surface area contributed by atoms with Gasteiger partial charge in [-0.2, -0.15) is 5.10 Å². The Labute approximate surface area is 174 Å². The number of nitrogens with one attached hydrogen (secondary N) is 2. The largest absolute Gasteiger partial charge is 0.497 e. The Bertz CT molecular complexity index is 1190. The van der Waals surface area contributed by atoms with Crippen LogP contribution in [-0.4, -0.2) is 33.7 Å². The monoisotopic (exact) mass is 400 g/mol. The molecule has 0 amide bonds. The molecule has 30 heavy (non-hydrogen) atoms. The number of nitrogens with zero attached hydrogens (tertiary/aromatic N) is 3. The number of nitrogens with two attached hydrogens (primary N) is 1. The molecule has 4 aromatic rings. The number of pyridine rings is 1. The van der Waals surface area contributed by atoms with E-state index in [9.17, 15) is 0 Å². The van der Waals surface area contributed by atoms with E-state index in [2.05, 4.69) is 44.7 Å². The first kappa shape index (κ1) is 18.4. The topological polar surface area (TPSA) is 92.1 Å². The summed E-state index contributed by atoms with van der Waals surface area (Å²) in [6.07, 6.45) is 0.901. The molecule has 0 spiro atoms. The molecule has 7 heteroatoms. The van der Waals surface area contributed by atoms with Crippen LogP contribution >= 0.6 is 0 Å². The number of H-pyrrole nitrogens is 1. The van der Waals surface area contributed by atoms with Crippen molar-refractivity contribution < 1.29 is 4.74 Å². The zero-order valence-corrected chi connectivity index (χ0v) is 16.9. The molecule has 0 aliphatic carbocycles. The highest BCUT2D eigenvalue weighted by atomic mass is 16.5. The first-order chi connectivity index (χ1) is 14.7. The van der Waals surface area contributed by atoms with Gasteiger partial charge < -0.3 is 15.8 Å². The van der Waals surface area contributed by atoms with Gasteiger partial charge in [0.25, 0.3) is 0 Å². The Balaban J connectivity index is 1.53. The minimum absolute atomic E-state index is 0.582. The molecule has 5 rings (SSSR count). The summed E-state index contributed by atoms with van der Waals surface area (Å²) in [5.41, 5.74) is 11.5. The zero-order chi connectivity index (χ0) is 20.5. The molecular formula is C23H24N6O. The first-order valence-corrected chi connectivity index (χ1v) is 10.0. The molecule has 2 aromatic heterocycles. The van der Waals surface area contributed by atoms with Crippen molar-refractivity contribution in [3.05, 3.63) is 71.3 Å². The van der Waals surface area contributed by atoms with Crippen LogP contribution in [0.15, 0.2) is 54.6 Å². The molecule has 0 unspecified atom stereocenters. The number of anilines is 3. The third kappa shape index (κ3) is 3.44. The van der Waals surface area contributed by atoms with E-state index in [0.717, 1.165) is 48.7 Å². The van der Waals surface area contributed by atoms with Crippen LogP contribution in [0.4, 0.5) is 17.3 Å². The lowest BCUT2D eigenvalue weighted by atomic mass is 9.97. The van der Waals surface area contributed by atoms with Crippen LogP contribution in [-0.2, 0) is 19.5 Å². The fraction of sp³-hybridized carbons (Fsp3) is 0.217. The minimum Gasteiger partial charge on any atom is -0.497 e. The number of aromatic nitrogens is 3. The Hall–Kier alpha value is -3.58. The smallest absolute Gasteiger partial charge is 0.185 e. The lowest BCUT2D eigenvalue weighted by Gasteiger charge is -2.30. The molecule has 0 bridgehead atoms. The maximum Gasteiger partial charge on any atom is 0.185 e. The van der Waals surface area contributed by atoms with Crippen LogP contribution in [0.5, 0.6) is 5.75 Å². The van der Waals surface area contributed by atoms with Crippen LogP contribution in [0, 0.1) is 0 Å². The van der Waals surface area contributed by atoms with E-state index in [1.54, 1.807) is 7.11 Å². The molecule has 1 aliphatic heterocycles. The molecule has 7 nitrogen and oxygen atoms in total. The van der Waals surface area contributed by atoms with Crippen molar-refractivity contribution in [1.82, 2.24) is 20.1 Å². The standard InChI is InChI=1S/C23H24N6O/c1-30-17-9-5-8-16(12-17)25-22-19-14-29(13-15-6-3-2-4-7-15)11-10-18(19)20-21(24)27-28-23(20)26-22/h2-9,12H,10-11,13-14H2,1H3,(H4,24,25,26,27,28). The molecule has 0 atom stereocenters. The van der Waals surface area contributed by atoms with Crippen molar-refractivity contribution in [1.29, 1.82) is 0 Å². The van der Waals surface area contributed by atoms with Gasteiger partial charge >= 0.3 is 0 Å². The molecule has 0 fully saturated rings. The number of fused-ring (bicyclic) bond motifs is 3. The molecule has 3 heterocycles. The average Bonchev–Trinajstić information content (AvgIpc) is 3.15. The maximum absolute atomic E-state index is 6.19. The molecular weight excluding hydrogens is 376 g/mol. The normalized spacial score (nSPS) is 13.9. The van der Waals surface area contributed by atoms with Crippen molar-refractivity contribution in [3.63, 3.8) is 0 Å². The van der Waals surface area contributed by atoms with E-state index in [1.807, 2.05) is 30.3 Å². The van der Waals surface area contributed by atoms with Crippen molar-refractivity contribution in [2.45, 2.75) is 19.5 Å². The summed E-state index contributed by atoms with van der Waals surface area (Å²) in [7, 11) is 1.67. The number of benzene rings is 2. The molecule has 0 radical (unpaired) electrons. The number of hydrogen-bond donors (Lipinski definition) is 3. The molecule has 1 aliphatic rings. The van der Waals surface area contributed by atoms with Crippen molar-refractivity contribution in [3.8, 4) is 5.75 Å². The summed E-state index contributed by atoms with van der Waals surface area (Å²) in [6.45, 7) is 2.66. The first-order valence-electron chi connectivity index (χ1n) is 10.0. The highest BCUT2D eigenvalue weighted by Crippen LogP contribution is 2.35. The van der Waals surface area contributed by atoms with Gasteiger partial charge in [-0.1, -0.05) is 36.4 Å². The highest BCUT2D eigenvalue weighted by molar-refractivity contribution is 5.92. The zero-order valence-electron chi connectivity index (χ0n) is 16.9. The highest BCUT2D eigenvalue weighted by Gasteiger charge is 2.25. The van der Waals surface area contributed by atoms with Crippen LogP contribution in [0.1, 0.15) is 16.7 Å². The van der Waals surface area contributed by atoms with Gasteiger partial charge in [0, 0.05) is 37.0 Å². The second-order valence-corrected chi connectivity index (χ2v) is 7.56. The second kappa shape index (κ2) is 7.68. The third-order valence-corrected chi connectivity index (χ3v) is 5.59. The van der Waals surface area contributed by atoms with Crippen molar-refractivity contribution in [2.24, 2.45) is 0 Å². The van der Waals surface area contributed by atoms with Crippen LogP contribution in [0.2, 0.25) is 0 Å². The number of aromatic amines is 1. The summed E-state index contributed by atoms with van der Waals surface area (Å²) in [4.78, 5) is 7.24. The van der Waals surface area contributed by atoms with E-state index in [1.165, 1.54) is 16.7 Å². The van der Waals surface area contributed by atoms with Gasteiger partial charge in [0.1, 0.15) is 17.4 Å². The van der Waals surface area contributed by atoms with E-state index in [-0.39, 0.29) is 0 Å². The molecule has 0 saturated carbocycles.